The highest BCUT2D eigenvalue weighted by Gasteiger charge is 2.43. The molecule has 2 N–H and O–H groups in total. The predicted octanol–water partition coefficient (Wildman–Crippen LogP) is 16.0. The summed E-state index contributed by atoms with van der Waals surface area (Å²) >= 11 is 9.01. The van der Waals surface area contributed by atoms with Gasteiger partial charge < -0.3 is 10.0 Å². The zero-order valence-corrected chi connectivity index (χ0v) is 49.2. The molecule has 8 aromatic carbocycles. The van der Waals surface area contributed by atoms with Crippen molar-refractivity contribution >= 4 is 100 Å². The summed E-state index contributed by atoms with van der Waals surface area (Å²) in [5, 5.41) is 53.2. The summed E-state index contributed by atoms with van der Waals surface area (Å²) in [6.07, 6.45) is 3.30. The van der Waals surface area contributed by atoms with Crippen LogP contribution in [0.3, 0.4) is 0 Å². The molecule has 0 spiro atoms. The minimum atomic E-state index is -1.39. The molecule has 12 aromatic rings. The molecular weight excluding hydrogens is 1310 g/mol. The number of fused-ring (bicyclic) bond motifs is 2. The zero-order chi connectivity index (χ0) is 57.5. The first kappa shape index (κ1) is 64.0. The van der Waals surface area contributed by atoms with E-state index in [0.29, 0.717) is 25.4 Å². The maximum atomic E-state index is 12.1. The van der Waals surface area contributed by atoms with Crippen LogP contribution in [0, 0.1) is 37.8 Å². The highest BCUT2D eigenvalue weighted by molar-refractivity contribution is 14.1. The second-order valence-electron chi connectivity index (χ2n) is 19.0. The van der Waals surface area contributed by atoms with Crippen LogP contribution >= 0.6 is 54.5 Å². The van der Waals surface area contributed by atoms with E-state index < -0.39 is 18.2 Å². The van der Waals surface area contributed by atoms with Gasteiger partial charge >= 0.3 is 7.12 Å². The van der Waals surface area contributed by atoms with Gasteiger partial charge in [0.15, 0.2) is 0 Å². The van der Waals surface area contributed by atoms with Crippen molar-refractivity contribution in [2.75, 3.05) is 0 Å². The van der Waals surface area contributed by atoms with Crippen LogP contribution in [0.15, 0.2) is 252 Å². The fourth-order valence-corrected chi connectivity index (χ4v) is 12.1. The van der Waals surface area contributed by atoms with Crippen molar-refractivity contribution in [2.45, 2.75) is 47.2 Å². The monoisotopic (exact) mass is 1370 g/mol. The van der Waals surface area contributed by atoms with Crippen LogP contribution in [0.25, 0.3) is 33.1 Å². The van der Waals surface area contributed by atoms with E-state index in [1.165, 1.54) is 0 Å². The van der Waals surface area contributed by atoms with E-state index in [0.717, 1.165) is 70.5 Å². The molecule has 0 saturated carbocycles. The lowest BCUT2D eigenvalue weighted by molar-refractivity contribution is -0.385. The first-order chi connectivity index (χ1) is 39.7. The Kier molecular flexibility index (Phi) is 21.0. The van der Waals surface area contributed by atoms with Gasteiger partial charge in [-0.15, -0.1) is 0 Å². The van der Waals surface area contributed by atoms with Crippen LogP contribution in [0.4, 0.5) is 11.4 Å². The van der Waals surface area contributed by atoms with Gasteiger partial charge in [0.2, 0.25) is 0 Å². The predicted molar refractivity (Wildman–Crippen MR) is 357 cm³/mol. The number of aryl methyl sites for hydroxylation is 2. The summed E-state index contributed by atoms with van der Waals surface area (Å²) in [6, 6.07) is 74.8. The maximum Gasteiger partial charge on any atom is 0.488 e. The van der Waals surface area contributed by atoms with Crippen molar-refractivity contribution in [3.63, 3.8) is 0 Å². The average molecular weight is 1370 g/mol. The minimum absolute atomic E-state index is 0. The molecule has 85 heavy (non-hydrogen) atoms. The third kappa shape index (κ3) is 12.6. The third-order valence-corrected chi connectivity index (χ3v) is 16.1. The molecule has 0 amide bonds. The van der Waals surface area contributed by atoms with E-state index in [4.69, 9.17) is 20.2 Å². The second-order valence-corrected chi connectivity index (χ2v) is 21.8. The van der Waals surface area contributed by atoms with Crippen LogP contribution in [0.2, 0.25) is 0 Å². The molecule has 0 unspecified atom stereocenters. The van der Waals surface area contributed by atoms with Gasteiger partial charge in [0.05, 0.1) is 29.8 Å². The SMILES string of the molecule is C.C.C.Cc1cc(-c2nn(C(c3ccccc3)(c3ccccc3)c3ccccc3)c3cc([N+](=O)[O-])c(Br)cc23)ccn1.Cc1cc(B(O)O)ccn1.O=[N+]([O-])c1cc2c(cc1Br)c(I)nn2C(c1ccccc1)(c1ccccc1)c1ccccc1. The fraction of sp³-hybridized carbons (Fsp3) is 0.104. The van der Waals surface area contributed by atoms with Crippen molar-refractivity contribution in [2.24, 2.45) is 0 Å². The molecule has 14 nitrogen and oxygen atoms in total. The van der Waals surface area contributed by atoms with Crippen LogP contribution in [0.1, 0.15) is 67.0 Å². The molecule has 12 rings (SSSR count). The van der Waals surface area contributed by atoms with Gasteiger partial charge in [0, 0.05) is 52.3 Å². The van der Waals surface area contributed by atoms with Crippen LogP contribution in [0.5, 0.6) is 0 Å². The first-order valence-electron chi connectivity index (χ1n) is 25.7. The number of pyridine rings is 2. The number of benzene rings is 8. The van der Waals surface area contributed by atoms with Gasteiger partial charge in [-0.05, 0) is 144 Å². The Hall–Kier alpha value is -8.53. The van der Waals surface area contributed by atoms with Gasteiger partial charge in [-0.25, -0.2) is 9.36 Å². The summed E-state index contributed by atoms with van der Waals surface area (Å²) < 4.78 is 5.49. The van der Waals surface area contributed by atoms with Crippen LogP contribution in [-0.4, -0.2) is 56.5 Å². The van der Waals surface area contributed by atoms with E-state index in [-0.39, 0.29) is 43.5 Å². The Morgan fingerprint density at radius 2 is 0.800 bits per heavy atom. The molecule has 4 aromatic heterocycles. The van der Waals surface area contributed by atoms with Gasteiger partial charge in [0.25, 0.3) is 11.4 Å². The maximum absolute atomic E-state index is 12.1. The number of rotatable bonds is 12. The third-order valence-electron chi connectivity index (χ3n) is 14.0. The fourth-order valence-electron chi connectivity index (χ4n) is 10.4. The Labute approximate surface area is 524 Å². The number of nitro benzene ring substituents is 2. The number of nitro groups is 2. The van der Waals surface area contributed by atoms with E-state index in [2.05, 4.69) is 137 Å². The Morgan fingerprint density at radius 1 is 0.471 bits per heavy atom. The molecule has 0 bridgehead atoms. The van der Waals surface area contributed by atoms with E-state index in [9.17, 15) is 20.2 Å². The van der Waals surface area contributed by atoms with Crippen molar-refractivity contribution in [1.29, 1.82) is 0 Å². The quantitative estimate of drug-likeness (QED) is 0.0392. The lowest BCUT2D eigenvalue weighted by Crippen LogP contribution is -2.38. The lowest BCUT2D eigenvalue weighted by Gasteiger charge is -2.37. The van der Waals surface area contributed by atoms with Gasteiger partial charge in [0.1, 0.15) is 20.5 Å². The second kappa shape index (κ2) is 27.9. The highest BCUT2D eigenvalue weighted by Crippen LogP contribution is 2.47. The number of nitrogens with zero attached hydrogens (tertiary/aromatic N) is 8. The molecule has 0 fully saturated rings. The van der Waals surface area contributed by atoms with Gasteiger partial charge in [-0.3, -0.25) is 30.2 Å². The van der Waals surface area contributed by atoms with E-state index in [1.807, 2.05) is 138 Å². The topological polar surface area (TPSA) is 188 Å². The molecular formula is C67H60BBr2IN8O6. The summed E-state index contributed by atoms with van der Waals surface area (Å²) in [5.41, 5.74) is 9.24. The molecule has 4 heterocycles. The van der Waals surface area contributed by atoms with Crippen molar-refractivity contribution < 1.29 is 19.9 Å². The largest absolute Gasteiger partial charge is 0.488 e. The summed E-state index contributed by atoms with van der Waals surface area (Å²) in [5.74, 6) is 0. The smallest absolute Gasteiger partial charge is 0.423 e. The molecule has 428 valence electrons. The normalized spacial score (nSPS) is 10.9. The van der Waals surface area contributed by atoms with Gasteiger partial charge in [-0.1, -0.05) is 204 Å². The first-order valence-corrected chi connectivity index (χ1v) is 28.3. The molecule has 0 radical (unpaired) electrons. The Morgan fingerprint density at radius 3 is 1.13 bits per heavy atom. The zero-order valence-electron chi connectivity index (χ0n) is 43.9. The molecule has 18 heteroatoms. The summed E-state index contributed by atoms with van der Waals surface area (Å²) in [4.78, 5) is 31.4. The number of halogens is 3. The van der Waals surface area contributed by atoms with Crippen molar-refractivity contribution in [1.82, 2.24) is 29.5 Å². The molecule has 0 aliphatic carbocycles. The van der Waals surface area contributed by atoms with E-state index >= 15 is 0 Å². The summed E-state index contributed by atoms with van der Waals surface area (Å²) in [6.45, 7) is 3.73. The Bertz CT molecular complexity index is 4030. The Balaban J connectivity index is 0.000000205. The molecule has 0 aliphatic rings. The average Bonchev–Trinajstić information content (AvgIpc) is 2.09. The highest BCUT2D eigenvalue weighted by atomic mass is 127. The van der Waals surface area contributed by atoms with Crippen LogP contribution in [-0.2, 0) is 11.1 Å². The van der Waals surface area contributed by atoms with Crippen molar-refractivity contribution in [3.05, 3.63) is 321 Å². The summed E-state index contributed by atoms with van der Waals surface area (Å²) in [7, 11) is -1.39. The van der Waals surface area contributed by atoms with Crippen molar-refractivity contribution in [3.8, 4) is 11.3 Å². The molecule has 0 aliphatic heterocycles. The molecule has 0 atom stereocenters. The number of aromatic nitrogens is 6. The molecule has 0 saturated heterocycles. The van der Waals surface area contributed by atoms with E-state index in [1.54, 1.807) is 55.7 Å². The minimum Gasteiger partial charge on any atom is -0.423 e. The standard InChI is InChI=1S/C32H23BrN4O2.C26H17BrIN3O2.C6H8BNO2.3CH4/c1-22-19-23(17-18-34-22)31-27-20-28(33)30(37(38)39)21-29(27)36(35-31)32(24-11-5-2-6-12-24,25-13-7-3-8-14-25)26-15-9-4-10-16-26;27-22-16-21-23(17-24(22)31(32)33)30(29-25(21)28)26(18-10-4-1-5-11-18,19-12-6-2-7-13-19)20-14-8-3-9-15-20;1-5-4-6(7(9)10)2-3-8-5;;;/h2-21H,1H3;1-17H;2-4,9-10H,1H3;3*1H4. The number of hydrogen-bond donors (Lipinski definition) is 2. The van der Waals surface area contributed by atoms with Crippen LogP contribution < -0.4 is 5.46 Å². The number of hydrogen-bond acceptors (Lipinski definition) is 10. The van der Waals surface area contributed by atoms with Gasteiger partial charge in [-0.2, -0.15) is 10.2 Å². The lowest BCUT2D eigenvalue weighted by atomic mass is 9.77.